The van der Waals surface area contributed by atoms with Gasteiger partial charge in [-0.25, -0.2) is 0 Å². The van der Waals surface area contributed by atoms with Crippen molar-refractivity contribution in [3.05, 3.63) is 54.1 Å². The third-order valence-corrected chi connectivity index (χ3v) is 3.78. The number of hydrogen-bond donors (Lipinski definition) is 0. The summed E-state index contributed by atoms with van der Waals surface area (Å²) >= 11 is 0. The zero-order chi connectivity index (χ0) is 15.1. The number of unbranched alkanes of at least 4 members (excludes halogenated alkanes) is 2. The lowest BCUT2D eigenvalue weighted by Gasteiger charge is -2.09. The van der Waals surface area contributed by atoms with E-state index in [2.05, 4.69) is 69.3 Å². The molecule has 0 spiro atoms. The van der Waals surface area contributed by atoms with E-state index in [-0.39, 0.29) is 0 Å². The van der Waals surface area contributed by atoms with Crippen molar-refractivity contribution in [2.75, 3.05) is 6.61 Å². The summed E-state index contributed by atoms with van der Waals surface area (Å²) in [5.41, 5.74) is 3.89. The zero-order valence-electron chi connectivity index (χ0n) is 13.4. The first-order chi connectivity index (χ1) is 10.2. The first kappa shape index (κ1) is 15.6. The van der Waals surface area contributed by atoms with Gasteiger partial charge in [-0.15, -0.1) is 0 Å². The maximum Gasteiger partial charge on any atom is 0.119 e. The van der Waals surface area contributed by atoms with Gasteiger partial charge in [0.1, 0.15) is 5.75 Å². The summed E-state index contributed by atoms with van der Waals surface area (Å²) in [5, 5.41) is 0. The minimum absolute atomic E-state index is 0.581. The molecule has 0 N–H and O–H groups in total. The Kier molecular flexibility index (Phi) is 5.86. The summed E-state index contributed by atoms with van der Waals surface area (Å²) in [4.78, 5) is 0. The normalized spacial score (nSPS) is 10.9. The van der Waals surface area contributed by atoms with Gasteiger partial charge in [0, 0.05) is 0 Å². The first-order valence-electron chi connectivity index (χ1n) is 8.04. The molecule has 21 heavy (non-hydrogen) atoms. The van der Waals surface area contributed by atoms with Crippen LogP contribution in [-0.4, -0.2) is 6.61 Å². The van der Waals surface area contributed by atoms with Gasteiger partial charge in [0.2, 0.25) is 0 Å². The highest BCUT2D eigenvalue weighted by Crippen LogP contribution is 2.24. The molecule has 112 valence electrons. The highest BCUT2D eigenvalue weighted by Gasteiger charge is 2.01. The van der Waals surface area contributed by atoms with E-state index in [1.165, 1.54) is 29.5 Å². The van der Waals surface area contributed by atoms with Crippen molar-refractivity contribution in [3.8, 4) is 16.9 Å². The number of rotatable bonds is 7. The fraction of sp³-hybridized carbons (Fsp3) is 0.400. The minimum Gasteiger partial charge on any atom is -0.494 e. The predicted molar refractivity (Wildman–Crippen MR) is 91.0 cm³/mol. The standard InChI is InChI=1S/C20H26O/c1-4-5-6-15-21-20-13-11-19(12-14-20)18-9-7-17(8-10-18)16(2)3/h7-14,16H,4-6,15H2,1-3H3. The molecule has 0 bridgehead atoms. The van der Waals surface area contributed by atoms with Gasteiger partial charge in [-0.05, 0) is 41.2 Å². The Morgan fingerprint density at radius 2 is 1.38 bits per heavy atom. The van der Waals surface area contributed by atoms with Gasteiger partial charge in [-0.1, -0.05) is 70.0 Å². The van der Waals surface area contributed by atoms with Crippen molar-refractivity contribution in [2.45, 2.75) is 46.0 Å². The Morgan fingerprint density at radius 3 is 1.90 bits per heavy atom. The van der Waals surface area contributed by atoms with Crippen LogP contribution in [-0.2, 0) is 0 Å². The van der Waals surface area contributed by atoms with Crippen LogP contribution in [0.15, 0.2) is 48.5 Å². The van der Waals surface area contributed by atoms with Crippen LogP contribution in [0, 0.1) is 0 Å². The van der Waals surface area contributed by atoms with Crippen molar-refractivity contribution < 1.29 is 4.74 Å². The van der Waals surface area contributed by atoms with Crippen molar-refractivity contribution in [2.24, 2.45) is 0 Å². The van der Waals surface area contributed by atoms with Gasteiger partial charge in [-0.2, -0.15) is 0 Å². The van der Waals surface area contributed by atoms with Crippen molar-refractivity contribution in [1.29, 1.82) is 0 Å². The molecule has 0 aliphatic rings. The van der Waals surface area contributed by atoms with Crippen molar-refractivity contribution >= 4 is 0 Å². The molecule has 2 aromatic rings. The smallest absolute Gasteiger partial charge is 0.119 e. The molecule has 0 atom stereocenters. The van der Waals surface area contributed by atoms with E-state index in [1.54, 1.807) is 0 Å². The summed E-state index contributed by atoms with van der Waals surface area (Å²) in [6.07, 6.45) is 3.60. The topological polar surface area (TPSA) is 9.23 Å². The minimum atomic E-state index is 0.581. The van der Waals surface area contributed by atoms with Gasteiger partial charge < -0.3 is 4.74 Å². The average Bonchev–Trinajstić information content (AvgIpc) is 2.52. The molecule has 0 aliphatic carbocycles. The quantitative estimate of drug-likeness (QED) is 0.562. The SMILES string of the molecule is CCCCCOc1ccc(-c2ccc(C(C)C)cc2)cc1. The monoisotopic (exact) mass is 282 g/mol. The van der Waals surface area contributed by atoms with E-state index < -0.39 is 0 Å². The van der Waals surface area contributed by atoms with Gasteiger partial charge >= 0.3 is 0 Å². The zero-order valence-corrected chi connectivity index (χ0v) is 13.4. The fourth-order valence-corrected chi connectivity index (χ4v) is 2.35. The van der Waals surface area contributed by atoms with E-state index in [0.29, 0.717) is 5.92 Å². The predicted octanol–water partition coefficient (Wildman–Crippen LogP) is 6.05. The molecule has 0 heterocycles. The second kappa shape index (κ2) is 7.87. The maximum atomic E-state index is 5.75. The number of ether oxygens (including phenoxy) is 1. The lowest BCUT2D eigenvalue weighted by atomic mass is 9.99. The largest absolute Gasteiger partial charge is 0.494 e. The van der Waals surface area contributed by atoms with Crippen LogP contribution >= 0.6 is 0 Å². The van der Waals surface area contributed by atoms with Gasteiger partial charge in [0.05, 0.1) is 6.61 Å². The molecule has 0 saturated carbocycles. The Labute approximate surface area is 129 Å². The Balaban J connectivity index is 1.98. The van der Waals surface area contributed by atoms with Crippen LogP contribution in [0.4, 0.5) is 0 Å². The third kappa shape index (κ3) is 4.63. The highest BCUT2D eigenvalue weighted by molar-refractivity contribution is 5.64. The lowest BCUT2D eigenvalue weighted by Crippen LogP contribution is -1.96. The summed E-state index contributed by atoms with van der Waals surface area (Å²) in [7, 11) is 0. The number of benzene rings is 2. The second-order valence-electron chi connectivity index (χ2n) is 5.86. The van der Waals surface area contributed by atoms with Crippen LogP contribution in [0.25, 0.3) is 11.1 Å². The van der Waals surface area contributed by atoms with Crippen molar-refractivity contribution in [3.63, 3.8) is 0 Å². The van der Waals surface area contributed by atoms with E-state index >= 15 is 0 Å². The van der Waals surface area contributed by atoms with Crippen molar-refractivity contribution in [1.82, 2.24) is 0 Å². The first-order valence-corrected chi connectivity index (χ1v) is 8.04. The molecule has 0 fully saturated rings. The molecule has 1 nitrogen and oxygen atoms in total. The molecule has 0 aliphatic heterocycles. The highest BCUT2D eigenvalue weighted by atomic mass is 16.5. The van der Waals surface area contributed by atoms with Gasteiger partial charge in [0.15, 0.2) is 0 Å². The maximum absolute atomic E-state index is 5.75. The summed E-state index contributed by atoms with van der Waals surface area (Å²) in [5.74, 6) is 1.55. The molecule has 0 aromatic heterocycles. The van der Waals surface area contributed by atoms with Crippen LogP contribution < -0.4 is 4.74 Å². The molecular formula is C20H26O. The molecule has 2 rings (SSSR count). The van der Waals surface area contributed by atoms with Crippen LogP contribution in [0.3, 0.4) is 0 Å². The van der Waals surface area contributed by atoms with E-state index in [9.17, 15) is 0 Å². The molecular weight excluding hydrogens is 256 g/mol. The molecule has 1 heteroatoms. The summed E-state index contributed by atoms with van der Waals surface area (Å²) in [6.45, 7) is 7.47. The van der Waals surface area contributed by atoms with Gasteiger partial charge in [-0.3, -0.25) is 0 Å². The summed E-state index contributed by atoms with van der Waals surface area (Å²) in [6, 6.07) is 17.2. The van der Waals surface area contributed by atoms with Gasteiger partial charge in [0.25, 0.3) is 0 Å². The molecule has 0 saturated heterocycles. The fourth-order valence-electron chi connectivity index (χ4n) is 2.35. The van der Waals surface area contributed by atoms with E-state index in [0.717, 1.165) is 18.8 Å². The van der Waals surface area contributed by atoms with E-state index in [1.807, 2.05) is 0 Å². The van der Waals surface area contributed by atoms with E-state index in [4.69, 9.17) is 4.74 Å². The average molecular weight is 282 g/mol. The van der Waals surface area contributed by atoms with Crippen LogP contribution in [0.2, 0.25) is 0 Å². The molecule has 0 radical (unpaired) electrons. The molecule has 0 unspecified atom stereocenters. The molecule has 0 amide bonds. The molecule has 2 aromatic carbocycles. The number of hydrogen-bond acceptors (Lipinski definition) is 1. The lowest BCUT2D eigenvalue weighted by molar-refractivity contribution is 0.306. The second-order valence-corrected chi connectivity index (χ2v) is 5.86. The van der Waals surface area contributed by atoms with Crippen LogP contribution in [0.5, 0.6) is 5.75 Å². The Morgan fingerprint density at radius 1 is 0.810 bits per heavy atom. The third-order valence-electron chi connectivity index (χ3n) is 3.78. The Hall–Kier alpha value is -1.76. The van der Waals surface area contributed by atoms with Crippen LogP contribution in [0.1, 0.15) is 51.5 Å². The Bertz CT molecular complexity index is 523. The summed E-state index contributed by atoms with van der Waals surface area (Å²) < 4.78 is 5.75.